The maximum absolute atomic E-state index is 11.8. The minimum absolute atomic E-state index is 0.00787. The number of alkyl carbamates (subject to hydrolysis) is 1. The van der Waals surface area contributed by atoms with E-state index in [-0.39, 0.29) is 11.8 Å². The van der Waals surface area contributed by atoms with E-state index in [9.17, 15) is 9.59 Å². The number of amides is 2. The lowest BCUT2D eigenvalue weighted by Gasteiger charge is -2.20. The van der Waals surface area contributed by atoms with Crippen LogP contribution in [0.3, 0.4) is 0 Å². The molecule has 98 valence electrons. The van der Waals surface area contributed by atoms with Gasteiger partial charge in [-0.25, -0.2) is 4.79 Å². The molecule has 0 aromatic heterocycles. The lowest BCUT2D eigenvalue weighted by molar-refractivity contribution is -0.124. The molecule has 0 rings (SSSR count). The molecule has 0 radical (unpaired) electrons. The quantitative estimate of drug-likeness (QED) is 0.524. The second-order valence-corrected chi connectivity index (χ2v) is 4.08. The van der Waals surface area contributed by atoms with Crippen molar-refractivity contribution >= 4 is 12.0 Å². The van der Waals surface area contributed by atoms with Crippen LogP contribution in [-0.2, 0) is 9.53 Å². The molecule has 0 bridgehead atoms. The van der Waals surface area contributed by atoms with Crippen LogP contribution in [0.1, 0.15) is 26.7 Å². The normalized spacial score (nSPS) is 11.8. The van der Waals surface area contributed by atoms with E-state index in [4.69, 9.17) is 0 Å². The zero-order valence-electron chi connectivity index (χ0n) is 10.8. The number of ether oxygens (including phenoxy) is 1. The van der Waals surface area contributed by atoms with Crippen LogP contribution in [0.2, 0.25) is 0 Å². The van der Waals surface area contributed by atoms with Crippen molar-refractivity contribution < 1.29 is 14.3 Å². The van der Waals surface area contributed by atoms with Crippen LogP contribution in [0.4, 0.5) is 4.79 Å². The number of rotatable bonds is 7. The maximum atomic E-state index is 11.8. The van der Waals surface area contributed by atoms with Gasteiger partial charge < -0.3 is 15.4 Å². The molecule has 0 aromatic rings. The van der Waals surface area contributed by atoms with Crippen molar-refractivity contribution in [3.05, 3.63) is 12.7 Å². The Morgan fingerprint density at radius 3 is 2.53 bits per heavy atom. The third-order valence-corrected chi connectivity index (χ3v) is 2.29. The summed E-state index contributed by atoms with van der Waals surface area (Å²) in [5, 5.41) is 5.28. The van der Waals surface area contributed by atoms with Crippen LogP contribution < -0.4 is 10.6 Å². The Bertz CT molecular complexity index is 264. The Hall–Kier alpha value is -1.52. The van der Waals surface area contributed by atoms with Crippen LogP contribution in [0.25, 0.3) is 0 Å². The van der Waals surface area contributed by atoms with Crippen molar-refractivity contribution in [2.75, 3.05) is 13.7 Å². The van der Waals surface area contributed by atoms with Gasteiger partial charge in [-0.2, -0.15) is 0 Å². The summed E-state index contributed by atoms with van der Waals surface area (Å²) in [6.45, 7) is 7.92. The average Bonchev–Trinajstić information content (AvgIpc) is 2.30. The SMILES string of the molecule is C=CCCCNC(=O)[C@@H](NC(=O)OC)C(C)C. The van der Waals surface area contributed by atoms with Crippen molar-refractivity contribution in [1.29, 1.82) is 0 Å². The molecule has 0 unspecified atom stereocenters. The molecule has 2 N–H and O–H groups in total. The topological polar surface area (TPSA) is 67.4 Å². The minimum Gasteiger partial charge on any atom is -0.453 e. The molecule has 2 amide bonds. The van der Waals surface area contributed by atoms with E-state index in [2.05, 4.69) is 21.9 Å². The van der Waals surface area contributed by atoms with Gasteiger partial charge in [0.25, 0.3) is 0 Å². The van der Waals surface area contributed by atoms with Gasteiger partial charge in [-0.05, 0) is 18.8 Å². The molecular formula is C12H22N2O3. The molecule has 0 fully saturated rings. The fourth-order valence-electron chi connectivity index (χ4n) is 1.29. The standard InChI is InChI=1S/C12H22N2O3/c1-5-6-7-8-13-11(15)10(9(2)3)14-12(16)17-4/h5,9-10H,1,6-8H2,2-4H3,(H,13,15)(H,14,16)/t10-/m0/s1. The highest BCUT2D eigenvalue weighted by Gasteiger charge is 2.23. The molecule has 0 aliphatic rings. The van der Waals surface area contributed by atoms with Gasteiger partial charge in [-0.1, -0.05) is 19.9 Å². The molecule has 17 heavy (non-hydrogen) atoms. The fourth-order valence-corrected chi connectivity index (χ4v) is 1.29. The Balaban J connectivity index is 4.15. The van der Waals surface area contributed by atoms with Gasteiger partial charge in [0.15, 0.2) is 0 Å². The molecular weight excluding hydrogens is 220 g/mol. The van der Waals surface area contributed by atoms with E-state index in [1.807, 2.05) is 13.8 Å². The molecule has 0 aromatic carbocycles. The van der Waals surface area contributed by atoms with Crippen LogP contribution in [0.15, 0.2) is 12.7 Å². The molecule has 0 saturated carbocycles. The summed E-state index contributed by atoms with van der Waals surface area (Å²) in [6, 6.07) is -0.564. The van der Waals surface area contributed by atoms with E-state index in [1.165, 1.54) is 7.11 Å². The predicted octanol–water partition coefficient (Wildman–Crippen LogP) is 1.45. The smallest absolute Gasteiger partial charge is 0.407 e. The average molecular weight is 242 g/mol. The Kier molecular flexibility index (Phi) is 7.84. The molecule has 0 aliphatic heterocycles. The number of methoxy groups -OCH3 is 1. The summed E-state index contributed by atoms with van der Waals surface area (Å²) in [6.07, 6.45) is 2.92. The van der Waals surface area contributed by atoms with Crippen molar-refractivity contribution in [2.24, 2.45) is 5.92 Å². The highest BCUT2D eigenvalue weighted by atomic mass is 16.5. The molecule has 0 aliphatic carbocycles. The highest BCUT2D eigenvalue weighted by molar-refractivity contribution is 5.85. The summed E-state index contributed by atoms with van der Waals surface area (Å²) in [5.41, 5.74) is 0. The van der Waals surface area contributed by atoms with Crippen LogP contribution in [0.5, 0.6) is 0 Å². The van der Waals surface area contributed by atoms with E-state index >= 15 is 0 Å². The molecule has 5 nitrogen and oxygen atoms in total. The van der Waals surface area contributed by atoms with Gasteiger partial charge in [0.2, 0.25) is 5.91 Å². The molecule has 0 saturated heterocycles. The van der Waals surface area contributed by atoms with Crippen LogP contribution >= 0.6 is 0 Å². The Labute approximate surface area is 103 Å². The van der Waals surface area contributed by atoms with Gasteiger partial charge in [0.05, 0.1) is 7.11 Å². The summed E-state index contributed by atoms with van der Waals surface area (Å²) >= 11 is 0. The van der Waals surface area contributed by atoms with Gasteiger partial charge in [-0.3, -0.25) is 4.79 Å². The second kappa shape index (κ2) is 8.61. The first-order chi connectivity index (χ1) is 8.02. The first-order valence-electron chi connectivity index (χ1n) is 5.76. The fraction of sp³-hybridized carbons (Fsp3) is 0.667. The third-order valence-electron chi connectivity index (χ3n) is 2.29. The lowest BCUT2D eigenvalue weighted by Crippen LogP contribution is -2.49. The zero-order valence-corrected chi connectivity index (χ0v) is 10.8. The van der Waals surface area contributed by atoms with Gasteiger partial charge in [-0.15, -0.1) is 6.58 Å². The number of carbonyl (C=O) groups is 2. The first-order valence-corrected chi connectivity index (χ1v) is 5.76. The monoisotopic (exact) mass is 242 g/mol. The van der Waals surface area contributed by atoms with Gasteiger partial charge >= 0.3 is 6.09 Å². The van der Waals surface area contributed by atoms with E-state index < -0.39 is 12.1 Å². The first kappa shape index (κ1) is 15.5. The predicted molar refractivity (Wildman–Crippen MR) is 66.6 cm³/mol. The number of allylic oxidation sites excluding steroid dienone is 1. The lowest BCUT2D eigenvalue weighted by atomic mass is 10.0. The Morgan fingerprint density at radius 1 is 1.41 bits per heavy atom. The number of hydrogen-bond donors (Lipinski definition) is 2. The molecule has 0 heterocycles. The van der Waals surface area contributed by atoms with Crippen molar-refractivity contribution in [3.63, 3.8) is 0 Å². The van der Waals surface area contributed by atoms with Gasteiger partial charge in [0, 0.05) is 6.54 Å². The summed E-state index contributed by atoms with van der Waals surface area (Å²) in [4.78, 5) is 22.9. The minimum atomic E-state index is -0.593. The highest BCUT2D eigenvalue weighted by Crippen LogP contribution is 2.02. The molecule has 0 spiro atoms. The van der Waals surface area contributed by atoms with E-state index in [0.717, 1.165) is 12.8 Å². The third kappa shape index (κ3) is 6.60. The molecule has 1 atom stereocenters. The summed E-state index contributed by atoms with van der Waals surface area (Å²) in [7, 11) is 1.27. The van der Waals surface area contributed by atoms with Gasteiger partial charge in [0.1, 0.15) is 6.04 Å². The van der Waals surface area contributed by atoms with Crippen molar-refractivity contribution in [1.82, 2.24) is 10.6 Å². The number of nitrogens with one attached hydrogen (secondary N) is 2. The van der Waals surface area contributed by atoms with E-state index in [1.54, 1.807) is 6.08 Å². The van der Waals surface area contributed by atoms with Crippen LogP contribution in [0, 0.1) is 5.92 Å². The maximum Gasteiger partial charge on any atom is 0.407 e. The Morgan fingerprint density at radius 2 is 2.06 bits per heavy atom. The number of unbranched alkanes of at least 4 members (excludes halogenated alkanes) is 1. The number of carbonyl (C=O) groups excluding carboxylic acids is 2. The summed E-state index contributed by atoms with van der Waals surface area (Å²) in [5.74, 6) is -0.178. The van der Waals surface area contributed by atoms with Crippen molar-refractivity contribution in [2.45, 2.75) is 32.7 Å². The number of hydrogen-bond acceptors (Lipinski definition) is 3. The zero-order chi connectivity index (χ0) is 13.3. The summed E-state index contributed by atoms with van der Waals surface area (Å²) < 4.78 is 4.48. The van der Waals surface area contributed by atoms with Crippen LogP contribution in [-0.4, -0.2) is 31.7 Å². The second-order valence-electron chi connectivity index (χ2n) is 4.08. The van der Waals surface area contributed by atoms with Crippen molar-refractivity contribution in [3.8, 4) is 0 Å². The molecule has 5 heteroatoms. The largest absolute Gasteiger partial charge is 0.453 e. The van der Waals surface area contributed by atoms with E-state index in [0.29, 0.717) is 6.54 Å².